The Hall–Kier alpha value is -7.58. The van der Waals surface area contributed by atoms with E-state index in [1.165, 1.54) is 70.1 Å². The van der Waals surface area contributed by atoms with Crippen molar-refractivity contribution in [1.29, 1.82) is 0 Å². The summed E-state index contributed by atoms with van der Waals surface area (Å²) in [4.78, 5) is 30.2. The number of rotatable bonds is 14. The first-order chi connectivity index (χ1) is 41.3. The molecule has 14 heteroatoms. The number of fused-ring (bicyclic) bond motifs is 8. The molecule has 8 nitrogen and oxygen atoms in total. The van der Waals surface area contributed by atoms with Gasteiger partial charge in [-0.15, -0.1) is 0 Å². The zero-order chi connectivity index (χ0) is 60.1. The largest absolute Gasteiger partial charge is 0.493 e. The minimum atomic E-state index is -5.17. The number of anilines is 1. The van der Waals surface area contributed by atoms with E-state index in [2.05, 4.69) is 36.1 Å². The van der Waals surface area contributed by atoms with Gasteiger partial charge in [0.1, 0.15) is 11.5 Å². The van der Waals surface area contributed by atoms with Crippen molar-refractivity contribution in [3.63, 3.8) is 0 Å². The van der Waals surface area contributed by atoms with Crippen LogP contribution in [0.3, 0.4) is 0 Å². The maximum atomic E-state index is 15.3. The van der Waals surface area contributed by atoms with Crippen molar-refractivity contribution in [2.24, 2.45) is 17.8 Å². The number of ether oxygens (including phenoxy) is 5. The van der Waals surface area contributed by atoms with Crippen molar-refractivity contribution in [3.05, 3.63) is 178 Å². The van der Waals surface area contributed by atoms with Gasteiger partial charge in [0, 0.05) is 46.3 Å². The maximum Gasteiger partial charge on any atom is 0.416 e. The highest BCUT2D eigenvalue weighted by Gasteiger charge is 2.51. The Bertz CT molecular complexity index is 3670. The van der Waals surface area contributed by atoms with Crippen molar-refractivity contribution >= 4 is 34.5 Å². The fraction of sp³-hybridized carbons (Fsp3) is 0.389. The molecule has 2 heterocycles. The number of carbonyl (C=O) groups excluding carboxylic acids is 2. The molecule has 3 fully saturated rings. The van der Waals surface area contributed by atoms with Gasteiger partial charge in [-0.2, -0.15) is 26.3 Å². The van der Waals surface area contributed by atoms with E-state index in [-0.39, 0.29) is 45.4 Å². The summed E-state index contributed by atoms with van der Waals surface area (Å²) in [7, 11) is 1.38. The molecule has 448 valence electrons. The predicted molar refractivity (Wildman–Crippen MR) is 322 cm³/mol. The zero-order valence-electron chi connectivity index (χ0n) is 49.0. The Kier molecular flexibility index (Phi) is 16.1. The minimum absolute atomic E-state index is 0.0785. The van der Waals surface area contributed by atoms with E-state index in [0.717, 1.165) is 39.9 Å². The normalized spacial score (nSPS) is 21.7. The third-order valence-electron chi connectivity index (χ3n) is 18.9. The van der Waals surface area contributed by atoms with Crippen LogP contribution in [0.15, 0.2) is 133 Å². The average Bonchev–Trinajstić information content (AvgIpc) is 1.51. The SMILES string of the molecule is CCCCCC1CCCC(c2ccc(-c3ccc(OC(=O)C4CCC(C(=O)Oc5cc6c7c(c8c(c6cc5OC)OC(c5ccccc5)(c5ccc(N6CCOCC6)cc5)C=C8)C(C)(C)c5c-7cc(C(F)(F)F)cc5C(F)(F)F)CC4)cc3)cc2)C1. The van der Waals surface area contributed by atoms with Gasteiger partial charge in [-0.05, 0) is 149 Å². The average molecular weight is 1180 g/mol. The van der Waals surface area contributed by atoms with Crippen LogP contribution < -0.4 is 23.8 Å². The molecule has 0 spiro atoms. The van der Waals surface area contributed by atoms with Gasteiger partial charge in [0.15, 0.2) is 17.1 Å². The van der Waals surface area contributed by atoms with E-state index in [1.54, 1.807) is 38.1 Å². The molecule has 0 radical (unpaired) electrons. The lowest BCUT2D eigenvalue weighted by Crippen LogP contribution is -2.37. The molecule has 2 aliphatic heterocycles. The minimum Gasteiger partial charge on any atom is -0.493 e. The van der Waals surface area contributed by atoms with Gasteiger partial charge in [-0.1, -0.05) is 144 Å². The van der Waals surface area contributed by atoms with Gasteiger partial charge in [0.05, 0.1) is 43.3 Å². The van der Waals surface area contributed by atoms with Crippen LogP contribution in [0.1, 0.15) is 148 Å². The standard InChI is InChI=1S/C72H71F6NO7/c1-5-6-8-12-44-13-11-14-50(39-44)47-19-17-45(18-20-47)46-25-31-55(32-26-46)84-67(80)48-21-23-49(24-22-48)68(81)85-62-42-57-58(43-61(62)82-4)66-56(65-63(57)59-40-53(71(73,74)75)41-60(72(76,77)78)64(59)69(65,2)3)33-34-70(86-66,51-15-9-7-10-16-51)52-27-29-54(30-28-52)79-35-37-83-38-36-79/h7,9-10,15-20,25-34,40-44,48-50H,5-6,8,11-14,21-24,35-39H2,1-4H3. The Morgan fingerprint density at radius 3 is 1.95 bits per heavy atom. The molecule has 3 unspecified atom stereocenters. The summed E-state index contributed by atoms with van der Waals surface area (Å²) in [5.41, 5.74) is 0.476. The lowest BCUT2D eigenvalue weighted by molar-refractivity contribution is -0.145. The highest BCUT2D eigenvalue weighted by atomic mass is 19.4. The molecule has 3 atom stereocenters. The number of carbonyl (C=O) groups is 2. The molecule has 0 amide bonds. The Labute approximate surface area is 498 Å². The fourth-order valence-corrected chi connectivity index (χ4v) is 14.4. The number of methoxy groups -OCH3 is 1. The molecular formula is C72H71F6NO7. The van der Waals surface area contributed by atoms with Crippen LogP contribution in [0.4, 0.5) is 32.0 Å². The summed E-state index contributed by atoms with van der Waals surface area (Å²) in [5.74, 6) is -0.0828. The first kappa shape index (κ1) is 58.8. The second-order valence-electron chi connectivity index (χ2n) is 24.6. The predicted octanol–water partition coefficient (Wildman–Crippen LogP) is 18.2. The molecule has 12 rings (SSSR count). The van der Waals surface area contributed by atoms with Crippen molar-refractivity contribution in [1.82, 2.24) is 0 Å². The van der Waals surface area contributed by atoms with Gasteiger partial charge in [0.25, 0.3) is 0 Å². The van der Waals surface area contributed by atoms with Crippen molar-refractivity contribution in [2.75, 3.05) is 38.3 Å². The number of benzene rings is 7. The molecule has 5 aliphatic rings. The smallest absolute Gasteiger partial charge is 0.416 e. The molecule has 1 saturated heterocycles. The van der Waals surface area contributed by atoms with Gasteiger partial charge in [-0.3, -0.25) is 9.59 Å². The lowest BCUT2D eigenvalue weighted by atomic mass is 9.75. The first-order valence-corrected chi connectivity index (χ1v) is 30.4. The fourth-order valence-electron chi connectivity index (χ4n) is 14.4. The second-order valence-corrected chi connectivity index (χ2v) is 24.6. The van der Waals surface area contributed by atoms with E-state index < -0.39 is 58.3 Å². The highest BCUT2D eigenvalue weighted by Crippen LogP contribution is 2.62. The summed E-state index contributed by atoms with van der Waals surface area (Å²) in [6.45, 7) is 8.03. The van der Waals surface area contributed by atoms with Gasteiger partial charge in [0.2, 0.25) is 0 Å². The highest BCUT2D eigenvalue weighted by molar-refractivity contribution is 6.10. The van der Waals surface area contributed by atoms with Crippen LogP contribution in [-0.2, 0) is 37.7 Å². The van der Waals surface area contributed by atoms with E-state index in [0.29, 0.717) is 80.2 Å². The zero-order valence-corrected chi connectivity index (χ0v) is 49.0. The molecule has 7 aromatic rings. The van der Waals surface area contributed by atoms with Crippen LogP contribution >= 0.6 is 0 Å². The van der Waals surface area contributed by atoms with Crippen molar-refractivity contribution in [3.8, 4) is 45.3 Å². The maximum absolute atomic E-state index is 15.3. The van der Waals surface area contributed by atoms with Gasteiger partial charge < -0.3 is 28.6 Å². The number of hydrogen-bond donors (Lipinski definition) is 0. The van der Waals surface area contributed by atoms with Crippen LogP contribution in [-0.4, -0.2) is 45.4 Å². The Morgan fingerprint density at radius 2 is 1.31 bits per heavy atom. The molecule has 7 aromatic carbocycles. The second kappa shape index (κ2) is 23.6. The monoisotopic (exact) mass is 1180 g/mol. The molecular weight excluding hydrogens is 1100 g/mol. The quantitative estimate of drug-likeness (QED) is 0.0461. The lowest BCUT2D eigenvalue weighted by Gasteiger charge is -2.39. The van der Waals surface area contributed by atoms with Crippen LogP contribution in [0.5, 0.6) is 23.0 Å². The summed E-state index contributed by atoms with van der Waals surface area (Å²) < 4.78 is 122. The molecule has 0 aromatic heterocycles. The number of esters is 2. The van der Waals surface area contributed by atoms with Crippen molar-refractivity contribution < 1.29 is 59.6 Å². The van der Waals surface area contributed by atoms with Crippen LogP contribution in [0, 0.1) is 17.8 Å². The summed E-state index contributed by atoms with van der Waals surface area (Å²) >= 11 is 0. The Balaban J connectivity index is 0.823. The number of nitrogens with zero attached hydrogens (tertiary/aromatic N) is 1. The van der Waals surface area contributed by atoms with Crippen LogP contribution in [0.25, 0.3) is 39.1 Å². The summed E-state index contributed by atoms with van der Waals surface area (Å²) in [6.07, 6.45) is 4.95. The number of alkyl halides is 6. The van der Waals surface area contributed by atoms with Crippen molar-refractivity contribution in [2.45, 2.75) is 127 Å². The molecule has 2 saturated carbocycles. The van der Waals surface area contributed by atoms with Crippen LogP contribution in [0.2, 0.25) is 0 Å². The summed E-state index contributed by atoms with van der Waals surface area (Å²) in [6, 6.07) is 37.8. The molecule has 3 aliphatic carbocycles. The number of hydrogen-bond acceptors (Lipinski definition) is 8. The van der Waals surface area contributed by atoms with Gasteiger partial charge in [-0.25, -0.2) is 0 Å². The Morgan fingerprint density at radius 1 is 0.674 bits per heavy atom. The first-order valence-electron chi connectivity index (χ1n) is 30.4. The molecule has 0 bridgehead atoms. The van der Waals surface area contributed by atoms with E-state index in [9.17, 15) is 22.8 Å². The third kappa shape index (κ3) is 11.3. The topological polar surface area (TPSA) is 83.5 Å². The third-order valence-corrected chi connectivity index (χ3v) is 18.9. The molecule has 86 heavy (non-hydrogen) atoms. The number of unbranched alkanes of at least 4 members (excludes halogenated alkanes) is 2. The number of halogens is 6. The molecule has 0 N–H and O–H groups in total. The van der Waals surface area contributed by atoms with E-state index >= 15 is 13.2 Å². The van der Waals surface area contributed by atoms with E-state index in [4.69, 9.17) is 23.7 Å². The number of morpholine rings is 1. The van der Waals surface area contributed by atoms with Gasteiger partial charge >= 0.3 is 24.3 Å². The van der Waals surface area contributed by atoms with E-state index in [1.807, 2.05) is 72.8 Å². The summed E-state index contributed by atoms with van der Waals surface area (Å²) in [5, 5.41) is 0.502.